The molecule has 0 saturated carbocycles. The van der Waals surface area contributed by atoms with Crippen molar-refractivity contribution in [3.05, 3.63) is 94.5 Å². The van der Waals surface area contributed by atoms with Crippen molar-refractivity contribution in [2.75, 3.05) is 0 Å². The van der Waals surface area contributed by atoms with Crippen molar-refractivity contribution in [3.63, 3.8) is 0 Å². The second-order valence-electron chi connectivity index (χ2n) is 12.0. The summed E-state index contributed by atoms with van der Waals surface area (Å²) in [6, 6.07) is 23.9. The van der Waals surface area contributed by atoms with Crippen LogP contribution in [0.2, 0.25) is 0 Å². The van der Waals surface area contributed by atoms with Crippen molar-refractivity contribution in [1.82, 2.24) is 0 Å². The van der Waals surface area contributed by atoms with Crippen LogP contribution in [0.3, 0.4) is 0 Å². The van der Waals surface area contributed by atoms with Crippen LogP contribution >= 0.6 is 0 Å². The fourth-order valence-corrected chi connectivity index (χ4v) is 7.26. The first-order valence-electron chi connectivity index (χ1n) is 14.2. The fourth-order valence-electron chi connectivity index (χ4n) is 7.26. The Balaban J connectivity index is 1.35. The third-order valence-electron chi connectivity index (χ3n) is 9.04. The van der Waals surface area contributed by atoms with Gasteiger partial charge in [-0.1, -0.05) is 30.3 Å². The Morgan fingerprint density at radius 2 is 0.780 bits per heavy atom. The summed E-state index contributed by atoms with van der Waals surface area (Å²) in [6.45, 7) is 10.5. The lowest BCUT2D eigenvalue weighted by molar-refractivity contribution is 0.446. The minimum absolute atomic E-state index is 0.00564. The molecule has 4 heterocycles. The van der Waals surface area contributed by atoms with Gasteiger partial charge in [-0.05, 0) is 115 Å². The lowest BCUT2D eigenvalue weighted by atomic mass is 9.31. The highest BCUT2D eigenvalue weighted by molar-refractivity contribution is 7.01. The Labute approximate surface area is 240 Å². The first-order chi connectivity index (χ1) is 19.8. The molecular weight excluding hydrogens is 506 g/mol. The number of fused-ring (bicyclic) bond motifs is 8. The zero-order chi connectivity index (χ0) is 27.7. The minimum Gasteiger partial charge on any atom is -0.458 e. The van der Waals surface area contributed by atoms with Crippen LogP contribution < -0.4 is 51.7 Å². The monoisotopic (exact) mass is 532 g/mol. The van der Waals surface area contributed by atoms with Crippen molar-refractivity contribution in [3.8, 4) is 46.0 Å². The number of hydrogen-bond acceptors (Lipinski definition) is 4. The molecule has 0 aliphatic carbocycles. The van der Waals surface area contributed by atoms with Gasteiger partial charge < -0.3 is 18.9 Å². The van der Waals surface area contributed by atoms with Gasteiger partial charge in [0, 0.05) is 16.5 Å². The Kier molecular flexibility index (Phi) is 4.40. The largest absolute Gasteiger partial charge is 0.458 e. The van der Waals surface area contributed by atoms with Crippen LogP contribution in [0.5, 0.6) is 46.0 Å². The summed E-state index contributed by atoms with van der Waals surface area (Å²) in [7, 11) is 0. The molecule has 0 N–H and O–H groups in total. The van der Waals surface area contributed by atoms with E-state index in [2.05, 4.69) is 101 Å². The van der Waals surface area contributed by atoms with Crippen LogP contribution in [0.1, 0.15) is 27.8 Å². The van der Waals surface area contributed by atoms with E-state index < -0.39 is 0 Å². The molecule has 0 radical (unpaired) electrons. The van der Waals surface area contributed by atoms with E-state index >= 15 is 0 Å². The lowest BCUT2D eigenvalue weighted by Gasteiger charge is -2.38. The molecule has 196 valence electrons. The van der Waals surface area contributed by atoms with E-state index in [9.17, 15) is 0 Å². The van der Waals surface area contributed by atoms with Gasteiger partial charge in [0.1, 0.15) is 46.0 Å². The summed E-state index contributed by atoms with van der Waals surface area (Å²) in [6.07, 6.45) is 0. The molecule has 0 unspecified atom stereocenters. The Hall–Kier alpha value is -4.57. The topological polar surface area (TPSA) is 36.9 Å². The molecule has 0 saturated heterocycles. The first-order valence-corrected chi connectivity index (χ1v) is 14.2. The smallest absolute Gasteiger partial charge is 0.260 e. The number of hydrogen-bond donors (Lipinski definition) is 0. The zero-order valence-electron chi connectivity index (χ0n) is 23.6. The van der Waals surface area contributed by atoms with Gasteiger partial charge in [0.05, 0.1) is 0 Å². The molecule has 0 aromatic heterocycles. The highest BCUT2D eigenvalue weighted by Gasteiger charge is 2.46. The lowest BCUT2D eigenvalue weighted by Crippen LogP contribution is -2.62. The maximum absolute atomic E-state index is 6.76. The van der Waals surface area contributed by atoms with Crippen molar-refractivity contribution in [1.29, 1.82) is 0 Å². The second-order valence-corrected chi connectivity index (χ2v) is 12.0. The molecule has 0 amide bonds. The van der Waals surface area contributed by atoms with Gasteiger partial charge in [0.15, 0.2) is 0 Å². The molecule has 4 aliphatic heterocycles. The molecule has 0 spiro atoms. The van der Waals surface area contributed by atoms with Crippen LogP contribution in [-0.4, -0.2) is 13.4 Å². The van der Waals surface area contributed by atoms with Crippen molar-refractivity contribution in [2.24, 2.45) is 0 Å². The predicted molar refractivity (Wildman–Crippen MR) is 166 cm³/mol. The van der Waals surface area contributed by atoms with E-state index in [0.717, 1.165) is 95.5 Å². The Morgan fingerprint density at radius 1 is 0.390 bits per heavy atom. The van der Waals surface area contributed by atoms with E-state index in [1.165, 1.54) is 11.1 Å². The van der Waals surface area contributed by atoms with Crippen molar-refractivity contribution < 1.29 is 18.9 Å². The molecule has 4 nitrogen and oxygen atoms in total. The summed E-state index contributed by atoms with van der Waals surface area (Å²) in [5.74, 6) is 7.02. The molecule has 5 aromatic rings. The fraction of sp³-hybridized carbons (Fsp3) is 0.143. The van der Waals surface area contributed by atoms with Gasteiger partial charge in [-0.15, -0.1) is 0 Å². The van der Waals surface area contributed by atoms with Crippen LogP contribution in [0.15, 0.2) is 66.7 Å². The SMILES string of the molecule is Cc1ccc2c(c1)Oc1cc(C)cc3c1B2c1cc2c(c(C)c1O3)Oc1cc(C)cc3c1B2c1ccc(C)cc1O3. The number of benzene rings is 5. The van der Waals surface area contributed by atoms with E-state index in [-0.39, 0.29) is 13.4 Å². The van der Waals surface area contributed by atoms with E-state index in [1.807, 2.05) is 0 Å². The molecule has 4 aliphatic rings. The number of ether oxygens (including phenoxy) is 4. The van der Waals surface area contributed by atoms with Gasteiger partial charge in [0.25, 0.3) is 13.4 Å². The predicted octanol–water partition coefficient (Wildman–Crippen LogP) is 4.68. The van der Waals surface area contributed by atoms with Crippen molar-refractivity contribution >= 4 is 46.2 Å². The standard InChI is InChI=1S/C35H26B2O4/c1-17-6-8-22-26(10-17)38-28-12-19(3)14-30-32(28)36(22)24-16-25-35(21(5)34(24)40-30)41-31-15-20(4)13-29-33(31)37(25)23-9-7-18(2)11-27(23)39-29/h6-16H,1-5H3. The number of rotatable bonds is 0. The molecule has 0 atom stereocenters. The van der Waals surface area contributed by atoms with Gasteiger partial charge in [-0.3, -0.25) is 0 Å². The van der Waals surface area contributed by atoms with Crippen LogP contribution in [-0.2, 0) is 0 Å². The highest BCUT2D eigenvalue weighted by Crippen LogP contribution is 2.42. The minimum atomic E-state index is -0.00564. The third-order valence-corrected chi connectivity index (χ3v) is 9.04. The van der Waals surface area contributed by atoms with Crippen molar-refractivity contribution in [2.45, 2.75) is 34.6 Å². The summed E-state index contributed by atoms with van der Waals surface area (Å²) >= 11 is 0. The van der Waals surface area contributed by atoms with Gasteiger partial charge in [0.2, 0.25) is 0 Å². The van der Waals surface area contributed by atoms with Gasteiger partial charge in [-0.2, -0.15) is 0 Å². The summed E-state index contributed by atoms with van der Waals surface area (Å²) in [4.78, 5) is 0. The normalized spacial score (nSPS) is 14.2. The van der Waals surface area contributed by atoms with Gasteiger partial charge >= 0.3 is 0 Å². The average Bonchev–Trinajstić information content (AvgIpc) is 2.92. The zero-order valence-corrected chi connectivity index (χ0v) is 23.6. The Morgan fingerprint density at radius 3 is 1.22 bits per heavy atom. The highest BCUT2D eigenvalue weighted by atomic mass is 16.5. The van der Waals surface area contributed by atoms with Gasteiger partial charge in [-0.25, -0.2) is 0 Å². The molecule has 5 aromatic carbocycles. The van der Waals surface area contributed by atoms with Crippen LogP contribution in [0.4, 0.5) is 0 Å². The molecular formula is C35H26B2O4. The Bertz CT molecular complexity index is 1890. The quantitative estimate of drug-likeness (QED) is 0.266. The second kappa shape index (κ2) is 7.79. The van der Waals surface area contributed by atoms with E-state index in [4.69, 9.17) is 18.9 Å². The average molecular weight is 532 g/mol. The van der Waals surface area contributed by atoms with Crippen LogP contribution in [0, 0.1) is 34.6 Å². The molecule has 0 fully saturated rings. The summed E-state index contributed by atoms with van der Waals surface area (Å²) < 4.78 is 26.5. The molecule has 0 bridgehead atoms. The number of aryl methyl sites for hydroxylation is 4. The third kappa shape index (κ3) is 3.08. The van der Waals surface area contributed by atoms with E-state index in [0.29, 0.717) is 0 Å². The summed E-state index contributed by atoms with van der Waals surface area (Å²) in [5.41, 5.74) is 12.4. The maximum atomic E-state index is 6.76. The first kappa shape index (κ1) is 23.2. The maximum Gasteiger partial charge on any atom is 0.260 e. The van der Waals surface area contributed by atoms with E-state index in [1.54, 1.807) is 0 Å². The molecule has 9 rings (SSSR count). The molecule has 41 heavy (non-hydrogen) atoms. The molecule has 6 heteroatoms. The van der Waals surface area contributed by atoms with Crippen LogP contribution in [0.25, 0.3) is 0 Å². The summed E-state index contributed by atoms with van der Waals surface area (Å²) in [5, 5.41) is 0.